The molecule has 3 heteroatoms. The second-order valence-electron chi connectivity index (χ2n) is 2.59. The maximum atomic E-state index is 8.65. The van der Waals surface area contributed by atoms with Gasteiger partial charge in [0.25, 0.3) is 0 Å². The first-order valence-electron chi connectivity index (χ1n) is 3.54. The van der Waals surface area contributed by atoms with Crippen LogP contribution in [0.4, 0.5) is 0 Å². The summed E-state index contributed by atoms with van der Waals surface area (Å²) in [5.74, 6) is 0. The lowest BCUT2D eigenvalue weighted by Crippen LogP contribution is -1.89. The van der Waals surface area contributed by atoms with Crippen LogP contribution in [0.5, 0.6) is 0 Å². The number of halogens is 1. The summed E-state index contributed by atoms with van der Waals surface area (Å²) in [4.78, 5) is 4.20. The van der Waals surface area contributed by atoms with Crippen LogP contribution in [0.2, 0.25) is 0 Å². The van der Waals surface area contributed by atoms with Crippen molar-refractivity contribution in [2.24, 2.45) is 4.99 Å². The number of hydrogen-bond donors (Lipinski definition) is 0. The Morgan fingerprint density at radius 2 is 2.33 bits per heavy atom. The maximum Gasteiger partial charge on any atom is 0.108 e. The van der Waals surface area contributed by atoms with E-state index in [4.69, 9.17) is 5.26 Å². The van der Waals surface area contributed by atoms with Crippen LogP contribution in [0.25, 0.3) is 0 Å². The number of nitrogens with zero attached hydrogens (tertiary/aromatic N) is 2. The average Bonchev–Trinajstić information content (AvgIpc) is 2.47. The van der Waals surface area contributed by atoms with E-state index in [-0.39, 0.29) is 0 Å². The van der Waals surface area contributed by atoms with Crippen LogP contribution in [0.3, 0.4) is 0 Å². The molecule has 1 aromatic rings. The number of nitriles is 1. The zero-order chi connectivity index (χ0) is 8.55. The molecule has 0 bridgehead atoms. The minimum absolute atomic E-state index is 0.683. The quantitative estimate of drug-likeness (QED) is 0.661. The van der Waals surface area contributed by atoms with E-state index < -0.39 is 0 Å². The summed E-state index contributed by atoms with van der Waals surface area (Å²) in [5, 5.41) is 8.65. The average molecular weight is 221 g/mol. The van der Waals surface area contributed by atoms with E-state index in [1.165, 1.54) is 5.56 Å². The van der Waals surface area contributed by atoms with Gasteiger partial charge in [-0.2, -0.15) is 5.26 Å². The molecule has 0 N–H and O–H groups in total. The van der Waals surface area contributed by atoms with Gasteiger partial charge in [0.05, 0.1) is 18.2 Å². The van der Waals surface area contributed by atoms with Crippen molar-refractivity contribution in [3.63, 3.8) is 0 Å². The molecule has 1 aliphatic heterocycles. The fourth-order valence-electron chi connectivity index (χ4n) is 1.22. The predicted molar refractivity (Wildman–Crippen MR) is 50.3 cm³/mol. The molecule has 0 unspecified atom stereocenters. The summed E-state index contributed by atoms with van der Waals surface area (Å²) in [5.41, 5.74) is 2.91. The van der Waals surface area contributed by atoms with Gasteiger partial charge in [0.1, 0.15) is 4.62 Å². The number of aliphatic imine (C=N–C) groups is 1. The van der Waals surface area contributed by atoms with Gasteiger partial charge in [0.2, 0.25) is 0 Å². The summed E-state index contributed by atoms with van der Waals surface area (Å²) < 4.78 is 0.856. The Labute approximate surface area is 78.7 Å². The van der Waals surface area contributed by atoms with Crippen LogP contribution in [0, 0.1) is 11.3 Å². The van der Waals surface area contributed by atoms with Crippen molar-refractivity contribution in [3.05, 3.63) is 34.9 Å². The summed E-state index contributed by atoms with van der Waals surface area (Å²) in [7, 11) is 0. The molecular formula is C9H5BrN2. The SMILES string of the molecule is N#Cc1ccc2c(c1)C(Br)=NC2. The molecule has 0 aromatic heterocycles. The van der Waals surface area contributed by atoms with Crippen molar-refractivity contribution in [1.82, 2.24) is 0 Å². The van der Waals surface area contributed by atoms with Crippen molar-refractivity contribution < 1.29 is 0 Å². The molecule has 0 saturated heterocycles. The maximum absolute atomic E-state index is 8.65. The second-order valence-corrected chi connectivity index (χ2v) is 3.34. The van der Waals surface area contributed by atoms with Gasteiger partial charge in [-0.1, -0.05) is 6.07 Å². The molecule has 0 spiro atoms. The third-order valence-electron chi connectivity index (χ3n) is 1.85. The standard InChI is InChI=1S/C9H5BrN2/c10-9-8-3-6(4-11)1-2-7(8)5-12-9/h1-3H,5H2. The number of fused-ring (bicyclic) bond motifs is 1. The molecule has 1 heterocycles. The molecule has 2 nitrogen and oxygen atoms in total. The summed E-state index contributed by atoms with van der Waals surface area (Å²) in [6.07, 6.45) is 0. The number of rotatable bonds is 0. The van der Waals surface area contributed by atoms with Gasteiger partial charge in [-0.3, -0.25) is 4.99 Å². The molecule has 0 fully saturated rings. The molecule has 0 saturated carbocycles. The third-order valence-corrected chi connectivity index (χ3v) is 2.53. The van der Waals surface area contributed by atoms with Crippen LogP contribution in [0.1, 0.15) is 16.7 Å². The predicted octanol–water partition coefficient (Wildman–Crippen LogP) is 2.21. The minimum Gasteiger partial charge on any atom is -0.272 e. The van der Waals surface area contributed by atoms with Crippen molar-refractivity contribution >= 4 is 20.6 Å². The minimum atomic E-state index is 0.683. The van der Waals surface area contributed by atoms with Gasteiger partial charge < -0.3 is 0 Å². The highest BCUT2D eigenvalue weighted by molar-refractivity contribution is 9.18. The Morgan fingerprint density at radius 3 is 3.08 bits per heavy atom. The van der Waals surface area contributed by atoms with E-state index in [9.17, 15) is 0 Å². The van der Waals surface area contributed by atoms with Crippen molar-refractivity contribution in [1.29, 1.82) is 5.26 Å². The van der Waals surface area contributed by atoms with Gasteiger partial charge in [0, 0.05) is 5.56 Å². The molecule has 1 aliphatic rings. The largest absolute Gasteiger partial charge is 0.272 e. The first-order chi connectivity index (χ1) is 5.81. The van der Waals surface area contributed by atoms with E-state index in [1.807, 2.05) is 18.2 Å². The highest BCUT2D eigenvalue weighted by Crippen LogP contribution is 2.22. The Hall–Kier alpha value is -1.14. The summed E-state index contributed by atoms with van der Waals surface area (Å²) in [6, 6.07) is 7.73. The van der Waals surface area contributed by atoms with Crippen molar-refractivity contribution in [2.75, 3.05) is 0 Å². The Kier molecular flexibility index (Phi) is 1.70. The fraction of sp³-hybridized carbons (Fsp3) is 0.111. The lowest BCUT2D eigenvalue weighted by Gasteiger charge is -1.97. The van der Waals surface area contributed by atoms with Gasteiger partial charge in [0.15, 0.2) is 0 Å². The molecule has 2 rings (SSSR count). The Morgan fingerprint density at radius 1 is 1.50 bits per heavy atom. The monoisotopic (exact) mass is 220 g/mol. The zero-order valence-corrected chi connectivity index (χ0v) is 7.80. The van der Waals surface area contributed by atoms with E-state index in [0.29, 0.717) is 5.56 Å². The van der Waals surface area contributed by atoms with E-state index in [2.05, 4.69) is 27.0 Å². The van der Waals surface area contributed by atoms with Gasteiger partial charge in [-0.25, -0.2) is 0 Å². The van der Waals surface area contributed by atoms with Crippen LogP contribution in [-0.4, -0.2) is 4.62 Å². The lowest BCUT2D eigenvalue weighted by atomic mass is 10.1. The fourth-order valence-corrected chi connectivity index (χ4v) is 1.71. The normalized spacial score (nSPS) is 13.5. The van der Waals surface area contributed by atoms with Gasteiger partial charge in [-0.15, -0.1) is 0 Å². The van der Waals surface area contributed by atoms with E-state index in [1.54, 1.807) is 0 Å². The molecule has 58 valence electrons. The second kappa shape index (κ2) is 2.72. The Bertz CT molecular complexity index is 401. The molecule has 1 aromatic carbocycles. The van der Waals surface area contributed by atoms with Crippen LogP contribution in [-0.2, 0) is 6.54 Å². The molecule has 0 aliphatic carbocycles. The number of benzene rings is 1. The lowest BCUT2D eigenvalue weighted by molar-refractivity contribution is 1.11. The Balaban J connectivity index is 2.59. The summed E-state index contributed by atoms with van der Waals surface area (Å²) in [6.45, 7) is 0.724. The zero-order valence-electron chi connectivity index (χ0n) is 6.21. The van der Waals surface area contributed by atoms with E-state index >= 15 is 0 Å². The van der Waals surface area contributed by atoms with Gasteiger partial charge in [-0.05, 0) is 33.6 Å². The van der Waals surface area contributed by atoms with Crippen LogP contribution < -0.4 is 0 Å². The topological polar surface area (TPSA) is 36.1 Å². The molecule has 0 radical (unpaired) electrons. The van der Waals surface area contributed by atoms with Crippen LogP contribution in [0.15, 0.2) is 23.2 Å². The smallest absolute Gasteiger partial charge is 0.108 e. The van der Waals surface area contributed by atoms with Crippen molar-refractivity contribution in [2.45, 2.75) is 6.54 Å². The molecule has 0 amide bonds. The first-order valence-corrected chi connectivity index (χ1v) is 4.34. The van der Waals surface area contributed by atoms with Crippen LogP contribution >= 0.6 is 15.9 Å². The van der Waals surface area contributed by atoms with Crippen molar-refractivity contribution in [3.8, 4) is 6.07 Å². The molecular weight excluding hydrogens is 216 g/mol. The number of hydrogen-bond acceptors (Lipinski definition) is 2. The van der Waals surface area contributed by atoms with E-state index in [0.717, 1.165) is 16.7 Å². The summed E-state index contributed by atoms with van der Waals surface area (Å²) >= 11 is 3.34. The van der Waals surface area contributed by atoms with Gasteiger partial charge >= 0.3 is 0 Å². The molecule has 0 atom stereocenters. The highest BCUT2D eigenvalue weighted by Gasteiger charge is 2.12. The third kappa shape index (κ3) is 1.05. The molecule has 12 heavy (non-hydrogen) atoms. The first kappa shape index (κ1) is 7.51. The highest BCUT2D eigenvalue weighted by atomic mass is 79.9.